The standard InChI is InChI=1S/2C20H19S.C8H4F6O3S.C7H5F3O3S/c2*1-16-13-14-20(17(2)15-16)21(18-9-5-3-6-10-18)19-11-7-4-8-12-19;9-7(10,11)4-1-5(8(12,13)14)3-6(2-4)18(15,16)17;8-7(9,10)5-2-1-3-6(4-5)14(11,12)13/h2*3-15H,1-2H3;1-3H,(H,15,16,17);1-4H,(H,11,12,13)/q2*+1;;/p-2. The van der Waals surface area contributed by atoms with E-state index in [1.807, 2.05) is 0 Å². The minimum atomic E-state index is -5.42. The van der Waals surface area contributed by atoms with E-state index < -0.39 is 65.2 Å². The van der Waals surface area contributed by atoms with Crippen LogP contribution in [0, 0.1) is 27.7 Å². The monoisotopic (exact) mass is 1100 g/mol. The van der Waals surface area contributed by atoms with Gasteiger partial charge in [0.05, 0.1) is 48.3 Å². The molecule has 0 aliphatic carbocycles. The van der Waals surface area contributed by atoms with Crippen LogP contribution in [0.15, 0.2) is 239 Å². The van der Waals surface area contributed by atoms with Crippen molar-refractivity contribution in [3.8, 4) is 0 Å². The van der Waals surface area contributed by atoms with Gasteiger partial charge in [0, 0.05) is 11.1 Å². The summed E-state index contributed by atoms with van der Waals surface area (Å²) in [7, 11) is -10.3. The van der Waals surface area contributed by atoms with Gasteiger partial charge in [-0.05, 0) is 125 Å². The van der Waals surface area contributed by atoms with E-state index in [1.165, 1.54) is 51.6 Å². The predicted octanol–water partition coefficient (Wildman–Crippen LogP) is 15.0. The van der Waals surface area contributed by atoms with E-state index in [-0.39, 0.29) is 40.0 Å². The highest BCUT2D eigenvalue weighted by molar-refractivity contribution is 7.97. The van der Waals surface area contributed by atoms with Gasteiger partial charge in [-0.1, -0.05) is 114 Å². The lowest BCUT2D eigenvalue weighted by molar-refractivity contribution is -0.143. The fraction of sp³-hybridized carbons (Fsp3) is 0.127. The van der Waals surface area contributed by atoms with Gasteiger partial charge in [0.25, 0.3) is 0 Å². The van der Waals surface area contributed by atoms with E-state index >= 15 is 0 Å². The average molecular weight is 1100 g/mol. The van der Waals surface area contributed by atoms with Crippen molar-refractivity contribution in [1.82, 2.24) is 0 Å². The molecule has 388 valence electrons. The molecule has 0 aliphatic rings. The van der Waals surface area contributed by atoms with Crippen molar-refractivity contribution >= 4 is 42.0 Å². The first kappa shape index (κ1) is 58.5. The minimum Gasteiger partial charge on any atom is -0.744 e. The molecule has 6 nitrogen and oxygen atoms in total. The highest BCUT2D eigenvalue weighted by atomic mass is 32.2. The summed E-state index contributed by atoms with van der Waals surface area (Å²) in [5.74, 6) is 0. The highest BCUT2D eigenvalue weighted by Crippen LogP contribution is 2.38. The first-order valence-electron chi connectivity index (χ1n) is 21.8. The Morgan fingerprint density at radius 2 is 0.635 bits per heavy atom. The Bertz CT molecular complexity index is 3100. The molecule has 0 spiro atoms. The van der Waals surface area contributed by atoms with Crippen molar-refractivity contribution in [3.05, 3.63) is 239 Å². The van der Waals surface area contributed by atoms with Crippen LogP contribution >= 0.6 is 0 Å². The van der Waals surface area contributed by atoms with Gasteiger partial charge >= 0.3 is 18.5 Å². The van der Waals surface area contributed by atoms with Crippen LogP contribution in [0.3, 0.4) is 0 Å². The fourth-order valence-corrected chi connectivity index (χ4v) is 12.5. The molecular weight excluding hydrogens is 1060 g/mol. The number of hydrogen-bond acceptors (Lipinski definition) is 6. The van der Waals surface area contributed by atoms with E-state index in [1.54, 1.807) is 0 Å². The zero-order chi connectivity index (χ0) is 54.6. The largest absolute Gasteiger partial charge is 0.744 e. The lowest BCUT2D eigenvalue weighted by Gasteiger charge is -2.15. The molecule has 0 amide bonds. The maximum absolute atomic E-state index is 12.3. The van der Waals surface area contributed by atoms with E-state index in [2.05, 4.69) is 185 Å². The van der Waals surface area contributed by atoms with Gasteiger partial charge in [-0.2, -0.15) is 39.5 Å². The summed E-state index contributed by atoms with van der Waals surface area (Å²) in [5.41, 5.74) is 0.506. The van der Waals surface area contributed by atoms with Crippen molar-refractivity contribution in [1.29, 1.82) is 0 Å². The molecule has 0 saturated carbocycles. The van der Waals surface area contributed by atoms with Crippen LogP contribution in [-0.4, -0.2) is 25.9 Å². The lowest BCUT2D eigenvalue weighted by atomic mass is 10.1. The maximum Gasteiger partial charge on any atom is 0.416 e. The Morgan fingerprint density at radius 3 is 0.905 bits per heavy atom. The van der Waals surface area contributed by atoms with Gasteiger partial charge in [-0.15, -0.1) is 0 Å². The molecule has 19 heteroatoms. The average Bonchev–Trinajstić information content (AvgIpc) is 3.34. The van der Waals surface area contributed by atoms with Crippen molar-refractivity contribution in [2.45, 2.75) is 85.4 Å². The van der Waals surface area contributed by atoms with E-state index in [0.29, 0.717) is 12.1 Å². The van der Waals surface area contributed by atoms with Crippen LogP contribution in [0.25, 0.3) is 0 Å². The summed E-state index contributed by atoms with van der Waals surface area (Å²) >= 11 is 0. The zero-order valence-corrected chi connectivity index (χ0v) is 42.8. The van der Waals surface area contributed by atoms with E-state index in [4.69, 9.17) is 0 Å². The third-order valence-corrected chi connectivity index (χ3v) is 16.7. The first-order valence-corrected chi connectivity index (χ1v) is 27.0. The van der Waals surface area contributed by atoms with Crippen LogP contribution < -0.4 is 0 Å². The molecule has 0 radical (unpaired) electrons. The Hall–Kier alpha value is -6.35. The molecule has 0 saturated heterocycles. The molecule has 8 rings (SSSR count). The normalized spacial score (nSPS) is 11.9. The minimum absolute atomic E-state index is 0.0345. The topological polar surface area (TPSA) is 114 Å². The molecule has 0 fully saturated rings. The maximum atomic E-state index is 12.3. The summed E-state index contributed by atoms with van der Waals surface area (Å²) in [6, 6.07) is 58.9. The number of aryl methyl sites for hydroxylation is 4. The lowest BCUT2D eigenvalue weighted by Crippen LogP contribution is -2.13. The molecule has 0 aliphatic heterocycles. The number of benzene rings is 8. The molecule has 74 heavy (non-hydrogen) atoms. The fourth-order valence-electron chi connectivity index (χ4n) is 6.96. The van der Waals surface area contributed by atoms with Gasteiger partial charge in [-0.25, -0.2) is 16.8 Å². The molecule has 8 aromatic carbocycles. The van der Waals surface area contributed by atoms with Crippen molar-refractivity contribution in [2.24, 2.45) is 0 Å². The number of halogens is 9. The molecule has 0 aromatic heterocycles. The van der Waals surface area contributed by atoms with Crippen LogP contribution in [0.5, 0.6) is 0 Å². The first-order chi connectivity index (χ1) is 34.5. The Labute approximate surface area is 429 Å². The summed E-state index contributed by atoms with van der Waals surface area (Å²) in [4.78, 5) is 5.85. The molecule has 0 heterocycles. The van der Waals surface area contributed by atoms with Crippen molar-refractivity contribution in [3.63, 3.8) is 0 Å². The van der Waals surface area contributed by atoms with Gasteiger partial charge in [0.1, 0.15) is 20.2 Å². The number of rotatable bonds is 8. The third-order valence-electron chi connectivity index (χ3n) is 10.3. The number of hydrogen-bond donors (Lipinski definition) is 0. The quantitative estimate of drug-likeness (QED) is 0.0850. The third kappa shape index (κ3) is 16.8. The Morgan fingerprint density at radius 1 is 0.338 bits per heavy atom. The second kappa shape index (κ2) is 24.8. The van der Waals surface area contributed by atoms with E-state index in [0.717, 1.165) is 12.1 Å². The summed E-state index contributed by atoms with van der Waals surface area (Å²) in [6.07, 6.45) is -15.0. The number of alkyl halides is 9. The van der Waals surface area contributed by atoms with Crippen LogP contribution in [0.1, 0.15) is 38.9 Å². The second-order valence-electron chi connectivity index (χ2n) is 16.1. The van der Waals surface area contributed by atoms with Crippen molar-refractivity contribution in [2.75, 3.05) is 0 Å². The van der Waals surface area contributed by atoms with E-state index in [9.17, 15) is 65.5 Å². The smallest absolute Gasteiger partial charge is 0.416 e. The molecule has 0 unspecified atom stereocenters. The second-order valence-corrected chi connectivity index (χ2v) is 22.8. The van der Waals surface area contributed by atoms with Gasteiger partial charge in [-0.3, -0.25) is 0 Å². The molecule has 0 atom stereocenters. The van der Waals surface area contributed by atoms with Crippen LogP contribution in [-0.2, 0) is 60.6 Å². The summed E-state index contributed by atoms with van der Waals surface area (Å²) < 4.78 is 172. The Balaban J connectivity index is 0.000000185. The van der Waals surface area contributed by atoms with Crippen LogP contribution in [0.2, 0.25) is 0 Å². The Kier molecular flexibility index (Phi) is 19.6. The molecule has 0 N–H and O–H groups in total. The molecule has 8 aromatic rings. The van der Waals surface area contributed by atoms with Crippen molar-refractivity contribution < 1.29 is 65.5 Å². The predicted molar refractivity (Wildman–Crippen MR) is 266 cm³/mol. The summed E-state index contributed by atoms with van der Waals surface area (Å²) in [6.45, 7) is 8.74. The molecule has 0 bridgehead atoms. The van der Waals surface area contributed by atoms with Gasteiger partial charge in [0.15, 0.2) is 29.4 Å². The van der Waals surface area contributed by atoms with Gasteiger partial charge < -0.3 is 9.11 Å². The van der Waals surface area contributed by atoms with Crippen LogP contribution in [0.4, 0.5) is 39.5 Å². The summed E-state index contributed by atoms with van der Waals surface area (Å²) in [5, 5.41) is 0. The SMILES string of the molecule is Cc1ccc([S+](c2ccccc2)c2ccccc2)c(C)c1.Cc1ccc([S+](c2ccccc2)c2ccccc2)c(C)c1.O=S(=O)([O-])c1cc(C(F)(F)F)cc(C(F)(F)F)c1.O=S(=O)([O-])c1cccc(C(F)(F)F)c1. The van der Waals surface area contributed by atoms with Gasteiger partial charge in [0.2, 0.25) is 0 Å². The zero-order valence-electron chi connectivity index (χ0n) is 39.5. The highest BCUT2D eigenvalue weighted by Gasteiger charge is 2.38. The molecular formula is C55H45F9O6S4.